The molecule has 1 aliphatic heterocycles. The molecule has 1 saturated heterocycles. The maximum absolute atomic E-state index is 12.2. The molecule has 0 aliphatic carbocycles. The fraction of sp³-hybridized carbons (Fsp3) is 0.581. The molecule has 9 nitrogen and oxygen atoms in total. The summed E-state index contributed by atoms with van der Waals surface area (Å²) >= 11 is 12.0. The third-order valence-corrected chi connectivity index (χ3v) is 7.43. The Balaban J connectivity index is 0.000000683. The first-order chi connectivity index (χ1) is 20.6. The number of nitrogens with two attached hydrogens (primary N) is 1. The zero-order valence-corrected chi connectivity index (χ0v) is 28.7. The van der Waals surface area contributed by atoms with Gasteiger partial charge in [0.25, 0.3) is 0 Å². The summed E-state index contributed by atoms with van der Waals surface area (Å²) in [4.78, 5) is 37.8. The van der Waals surface area contributed by atoms with Crippen LogP contribution < -0.4 is 11.1 Å². The number of pyridine rings is 1. The third-order valence-electron chi connectivity index (χ3n) is 6.61. The molecule has 0 saturated carbocycles. The highest BCUT2D eigenvalue weighted by atomic mass is 35.5. The Hall–Kier alpha value is -3.14. The molecule has 1 fully saturated rings. The van der Waals surface area contributed by atoms with E-state index in [4.69, 9.17) is 38.0 Å². The fourth-order valence-electron chi connectivity index (χ4n) is 4.20. The lowest BCUT2D eigenvalue weighted by Gasteiger charge is -2.26. The van der Waals surface area contributed by atoms with Crippen molar-refractivity contribution in [3.63, 3.8) is 0 Å². The van der Waals surface area contributed by atoms with Gasteiger partial charge in [-0.3, -0.25) is 19.4 Å². The lowest BCUT2D eigenvalue weighted by molar-refractivity contribution is -0.169. The van der Waals surface area contributed by atoms with Crippen LogP contribution in [0.5, 0.6) is 0 Å². The Bertz CT molecular complexity index is 1330. The van der Waals surface area contributed by atoms with Crippen LogP contribution in [0.2, 0.25) is 10.0 Å². The van der Waals surface area contributed by atoms with Crippen molar-refractivity contribution in [3.05, 3.63) is 40.1 Å². The summed E-state index contributed by atoms with van der Waals surface area (Å²) in [5.74, 6) is -1.46. The second-order valence-electron chi connectivity index (χ2n) is 11.8. The fourth-order valence-corrected chi connectivity index (χ4v) is 4.58. The SMILES string of the molecule is CC.CC1CN(C(=O)C[C@@H](C)OC(C)(C)C)CC1(C)C.N#CC(NC=O)c1cncc2c(Cl)c(Cl)ccc12.NC(=O)C(F)(F)F. The van der Waals surface area contributed by atoms with Crippen LogP contribution in [0.4, 0.5) is 13.2 Å². The van der Waals surface area contributed by atoms with E-state index in [2.05, 4.69) is 36.8 Å². The molecule has 2 unspecified atom stereocenters. The van der Waals surface area contributed by atoms with Gasteiger partial charge in [0.15, 0.2) is 0 Å². The maximum atomic E-state index is 12.2. The number of alkyl halides is 3. The van der Waals surface area contributed by atoms with Gasteiger partial charge in [-0.25, -0.2) is 0 Å². The summed E-state index contributed by atoms with van der Waals surface area (Å²) in [6.07, 6.45) is -0.819. The number of nitrogens with one attached hydrogen (secondary N) is 1. The Morgan fingerprint density at radius 1 is 1.22 bits per heavy atom. The first kappa shape index (κ1) is 41.9. The molecule has 3 N–H and O–H groups in total. The van der Waals surface area contributed by atoms with Crippen LogP contribution in [0, 0.1) is 22.7 Å². The van der Waals surface area contributed by atoms with Crippen molar-refractivity contribution in [2.45, 2.75) is 92.7 Å². The van der Waals surface area contributed by atoms with Crippen LogP contribution in [-0.2, 0) is 19.1 Å². The van der Waals surface area contributed by atoms with E-state index >= 15 is 0 Å². The Morgan fingerprint density at radius 2 is 1.78 bits per heavy atom. The van der Waals surface area contributed by atoms with E-state index in [-0.39, 0.29) is 23.0 Å². The predicted octanol–water partition coefficient (Wildman–Crippen LogP) is 7.00. The first-order valence-corrected chi connectivity index (χ1v) is 15.0. The van der Waals surface area contributed by atoms with E-state index < -0.39 is 18.1 Å². The Morgan fingerprint density at radius 3 is 2.20 bits per heavy atom. The largest absolute Gasteiger partial charge is 0.470 e. The molecule has 3 rings (SSSR count). The number of halogens is 5. The lowest BCUT2D eigenvalue weighted by Crippen LogP contribution is -2.35. The van der Waals surface area contributed by atoms with Crippen molar-refractivity contribution < 1.29 is 32.3 Å². The van der Waals surface area contributed by atoms with E-state index in [0.29, 0.717) is 39.7 Å². The quantitative estimate of drug-likeness (QED) is 0.316. The molecule has 2 heterocycles. The van der Waals surface area contributed by atoms with Gasteiger partial charge in [0, 0.05) is 36.4 Å². The molecule has 3 amide bonds. The number of nitriles is 1. The summed E-state index contributed by atoms with van der Waals surface area (Å²) < 4.78 is 37.9. The summed E-state index contributed by atoms with van der Waals surface area (Å²) in [5.41, 5.74) is 4.45. The number of ether oxygens (including phenoxy) is 1. The van der Waals surface area contributed by atoms with Crippen molar-refractivity contribution in [1.29, 1.82) is 5.26 Å². The Kier molecular flexibility index (Phi) is 16.9. The normalized spacial score (nSPS) is 16.7. The monoisotopic (exact) mass is 677 g/mol. The molecule has 3 atom stereocenters. The molecule has 0 bridgehead atoms. The summed E-state index contributed by atoms with van der Waals surface area (Å²) in [6, 6.07) is 4.61. The number of amides is 3. The molecule has 45 heavy (non-hydrogen) atoms. The lowest BCUT2D eigenvalue weighted by atomic mass is 9.84. The van der Waals surface area contributed by atoms with Gasteiger partial charge in [-0.1, -0.05) is 63.9 Å². The number of carbonyl (C=O) groups is 3. The molecule has 1 aliphatic rings. The van der Waals surface area contributed by atoms with Crippen molar-refractivity contribution in [2.75, 3.05) is 13.1 Å². The van der Waals surface area contributed by atoms with Crippen LogP contribution in [-0.4, -0.2) is 59.1 Å². The second kappa shape index (κ2) is 18.1. The number of rotatable bonds is 6. The average Bonchev–Trinajstić information content (AvgIpc) is 3.21. The number of aromatic nitrogens is 1. The zero-order valence-electron chi connectivity index (χ0n) is 27.2. The summed E-state index contributed by atoms with van der Waals surface area (Å²) in [7, 11) is 0. The van der Waals surface area contributed by atoms with Gasteiger partial charge in [-0.05, 0) is 50.5 Å². The van der Waals surface area contributed by atoms with Gasteiger partial charge in [-0.2, -0.15) is 18.4 Å². The number of hydrogen-bond donors (Lipinski definition) is 2. The van der Waals surface area contributed by atoms with E-state index in [9.17, 15) is 22.8 Å². The van der Waals surface area contributed by atoms with Gasteiger partial charge >= 0.3 is 12.1 Å². The van der Waals surface area contributed by atoms with Crippen LogP contribution in [0.15, 0.2) is 24.5 Å². The molecule has 1 aromatic carbocycles. The standard InChI is InChI=1S/C15H29NO2.C12H7Cl2N3O.C2H2F3NO.C2H6/c1-11-9-16(10-15(11,6)7)13(17)8-12(2)18-14(3,4)5;13-10-2-1-7-8(11(3-15)17-6-18)4-16-5-9(7)12(10)14;3-2(4,5)1(6)7;1-2/h11-12H,8-10H2,1-7H3;1-2,4-6,11H,(H,17,18);(H2,6,7);1-2H3/t11?,12-;;;/m1.../s1. The molecule has 2 aromatic rings. The second-order valence-corrected chi connectivity index (χ2v) is 12.6. The number of benzene rings is 1. The van der Waals surface area contributed by atoms with Gasteiger partial charge in [0.2, 0.25) is 12.3 Å². The van der Waals surface area contributed by atoms with Crippen LogP contribution in [0.3, 0.4) is 0 Å². The van der Waals surface area contributed by atoms with Crippen LogP contribution >= 0.6 is 23.2 Å². The highest BCUT2D eigenvalue weighted by Gasteiger charge is 2.38. The van der Waals surface area contributed by atoms with E-state index in [1.807, 2.05) is 52.5 Å². The number of fused-ring (bicyclic) bond motifs is 1. The first-order valence-electron chi connectivity index (χ1n) is 14.3. The summed E-state index contributed by atoms with van der Waals surface area (Å²) in [6.45, 7) is 20.5. The van der Waals surface area contributed by atoms with Gasteiger partial charge < -0.3 is 20.7 Å². The van der Waals surface area contributed by atoms with Crippen molar-refractivity contribution in [2.24, 2.45) is 17.1 Å². The van der Waals surface area contributed by atoms with Crippen molar-refractivity contribution in [3.8, 4) is 6.07 Å². The van der Waals surface area contributed by atoms with E-state index in [0.717, 1.165) is 18.5 Å². The third kappa shape index (κ3) is 13.8. The highest BCUT2D eigenvalue weighted by Crippen LogP contribution is 2.35. The van der Waals surface area contributed by atoms with Crippen molar-refractivity contribution in [1.82, 2.24) is 15.2 Å². The highest BCUT2D eigenvalue weighted by molar-refractivity contribution is 6.45. The molecular formula is C31H44Cl2F3N5O4. The molecule has 1 aromatic heterocycles. The molecule has 0 radical (unpaired) electrons. The van der Waals surface area contributed by atoms with Gasteiger partial charge in [0.1, 0.15) is 6.04 Å². The summed E-state index contributed by atoms with van der Waals surface area (Å²) in [5, 5.41) is 13.6. The molecule has 14 heteroatoms. The van der Waals surface area contributed by atoms with Gasteiger partial charge in [0.05, 0.1) is 34.2 Å². The molecule has 0 spiro atoms. The van der Waals surface area contributed by atoms with Crippen molar-refractivity contribution >= 4 is 52.2 Å². The minimum Gasteiger partial charge on any atom is -0.372 e. The number of carbonyl (C=O) groups excluding carboxylic acids is 3. The molecular weight excluding hydrogens is 634 g/mol. The van der Waals surface area contributed by atoms with Crippen LogP contribution in [0.25, 0.3) is 10.8 Å². The number of primary amides is 1. The Labute approximate surface area is 273 Å². The minimum absolute atomic E-state index is 0.0171. The maximum Gasteiger partial charge on any atom is 0.470 e. The predicted molar refractivity (Wildman–Crippen MR) is 170 cm³/mol. The average molecular weight is 679 g/mol. The van der Waals surface area contributed by atoms with E-state index in [1.165, 1.54) is 6.20 Å². The zero-order chi connectivity index (χ0) is 35.3. The van der Waals surface area contributed by atoms with Gasteiger partial charge in [-0.15, -0.1) is 0 Å². The topological polar surface area (TPSA) is 138 Å². The number of likely N-dealkylation sites (tertiary alicyclic amines) is 1. The van der Waals surface area contributed by atoms with Crippen LogP contribution in [0.1, 0.15) is 80.3 Å². The van der Waals surface area contributed by atoms with E-state index in [1.54, 1.807) is 18.3 Å². The minimum atomic E-state index is -4.86. The molecule has 252 valence electrons. The number of hydrogen-bond acceptors (Lipinski definition) is 6. The number of nitrogens with zero attached hydrogens (tertiary/aromatic N) is 3. The smallest absolute Gasteiger partial charge is 0.372 e.